The summed E-state index contributed by atoms with van der Waals surface area (Å²) in [6.45, 7) is 0.555. The van der Waals surface area contributed by atoms with Crippen molar-refractivity contribution in [2.24, 2.45) is 0 Å². The third-order valence-corrected chi connectivity index (χ3v) is 3.76. The Morgan fingerprint density at radius 2 is 2.00 bits per heavy atom. The maximum Gasteiger partial charge on any atom is 0.316 e. The first-order chi connectivity index (χ1) is 13.0. The Bertz CT molecular complexity index is 957. The second-order valence-corrected chi connectivity index (χ2v) is 6.31. The number of hydrogen-bond donors (Lipinski definition) is 2. The lowest BCUT2D eigenvalue weighted by molar-refractivity contribution is 0.0898. The molecule has 2 N–H and O–H groups in total. The van der Waals surface area contributed by atoms with E-state index in [-0.39, 0.29) is 31.1 Å². The fourth-order valence-electron chi connectivity index (χ4n) is 2.14. The standard InChI is InChI=1S/C16H14BrFN6O3/c17-11-7-21-24(8-11)9-13-22-16(27-23-13)15(26)20-5-4-19-14(25)10-2-1-3-12(18)6-10/h1-3,6-8H,4-5,9H2,(H,19,25)(H,20,26). The van der Waals surface area contributed by atoms with Crippen molar-refractivity contribution in [3.63, 3.8) is 0 Å². The molecule has 0 spiro atoms. The van der Waals surface area contributed by atoms with Crippen LogP contribution in [0.3, 0.4) is 0 Å². The van der Waals surface area contributed by atoms with Crippen molar-refractivity contribution in [2.45, 2.75) is 6.54 Å². The zero-order chi connectivity index (χ0) is 19.2. The summed E-state index contributed by atoms with van der Waals surface area (Å²) in [6, 6.07) is 5.32. The second kappa shape index (κ2) is 8.54. The summed E-state index contributed by atoms with van der Waals surface area (Å²) < 4.78 is 20.4. The molecule has 0 aliphatic rings. The summed E-state index contributed by atoms with van der Waals surface area (Å²) in [5.41, 5.74) is 0.202. The van der Waals surface area contributed by atoms with Crippen molar-refractivity contribution in [2.75, 3.05) is 13.1 Å². The molecule has 0 radical (unpaired) electrons. The van der Waals surface area contributed by atoms with E-state index < -0.39 is 17.6 Å². The number of hydrogen-bond acceptors (Lipinski definition) is 6. The van der Waals surface area contributed by atoms with Crippen molar-refractivity contribution in [1.82, 2.24) is 30.6 Å². The maximum absolute atomic E-state index is 13.1. The minimum Gasteiger partial charge on any atom is -0.350 e. The molecule has 0 bridgehead atoms. The van der Waals surface area contributed by atoms with E-state index in [0.29, 0.717) is 5.82 Å². The van der Waals surface area contributed by atoms with Gasteiger partial charge in [0.15, 0.2) is 5.82 Å². The normalized spacial score (nSPS) is 10.6. The minimum absolute atomic E-state index is 0.143. The number of benzene rings is 1. The third kappa shape index (κ3) is 5.20. The van der Waals surface area contributed by atoms with Gasteiger partial charge in [-0.3, -0.25) is 14.3 Å². The van der Waals surface area contributed by atoms with Crippen LogP contribution in [-0.4, -0.2) is 44.8 Å². The lowest BCUT2D eigenvalue weighted by Gasteiger charge is -2.05. The highest BCUT2D eigenvalue weighted by atomic mass is 79.9. The van der Waals surface area contributed by atoms with Gasteiger partial charge < -0.3 is 15.2 Å². The van der Waals surface area contributed by atoms with Gasteiger partial charge in [0.1, 0.15) is 12.4 Å². The van der Waals surface area contributed by atoms with E-state index in [1.54, 1.807) is 17.1 Å². The number of halogens is 2. The van der Waals surface area contributed by atoms with Gasteiger partial charge in [-0.15, -0.1) is 0 Å². The van der Waals surface area contributed by atoms with Crippen LogP contribution in [0.4, 0.5) is 4.39 Å². The van der Waals surface area contributed by atoms with Gasteiger partial charge in [-0.25, -0.2) is 4.39 Å². The zero-order valence-electron chi connectivity index (χ0n) is 13.9. The number of carbonyl (C=O) groups excluding carboxylic acids is 2. The number of carbonyl (C=O) groups is 2. The smallest absolute Gasteiger partial charge is 0.316 e. The van der Waals surface area contributed by atoms with Gasteiger partial charge in [-0.2, -0.15) is 10.1 Å². The predicted molar refractivity (Wildman–Crippen MR) is 94.4 cm³/mol. The largest absolute Gasteiger partial charge is 0.350 e. The molecule has 1 aromatic carbocycles. The van der Waals surface area contributed by atoms with E-state index in [1.165, 1.54) is 18.2 Å². The van der Waals surface area contributed by atoms with Gasteiger partial charge in [-0.05, 0) is 34.1 Å². The van der Waals surface area contributed by atoms with Crippen LogP contribution in [0.15, 0.2) is 45.7 Å². The van der Waals surface area contributed by atoms with E-state index in [1.807, 2.05) is 0 Å². The summed E-state index contributed by atoms with van der Waals surface area (Å²) >= 11 is 3.28. The quantitative estimate of drug-likeness (QED) is 0.540. The maximum atomic E-state index is 13.1. The number of rotatable bonds is 7. The van der Waals surface area contributed by atoms with Crippen LogP contribution in [0, 0.1) is 5.82 Å². The van der Waals surface area contributed by atoms with E-state index in [2.05, 4.69) is 41.8 Å². The number of aromatic nitrogens is 4. The lowest BCUT2D eigenvalue weighted by atomic mass is 10.2. The molecular weight excluding hydrogens is 423 g/mol. The lowest BCUT2D eigenvalue weighted by Crippen LogP contribution is -2.34. The van der Waals surface area contributed by atoms with Crippen molar-refractivity contribution in [3.05, 3.63) is 64.2 Å². The van der Waals surface area contributed by atoms with Crippen molar-refractivity contribution in [3.8, 4) is 0 Å². The van der Waals surface area contributed by atoms with Gasteiger partial charge in [0.2, 0.25) is 0 Å². The highest BCUT2D eigenvalue weighted by Crippen LogP contribution is 2.07. The monoisotopic (exact) mass is 436 g/mol. The molecule has 27 heavy (non-hydrogen) atoms. The number of nitrogens with one attached hydrogen (secondary N) is 2. The molecule has 2 aromatic heterocycles. The zero-order valence-corrected chi connectivity index (χ0v) is 15.4. The average Bonchev–Trinajstić information content (AvgIpc) is 3.28. The van der Waals surface area contributed by atoms with Gasteiger partial charge in [-0.1, -0.05) is 11.2 Å². The third-order valence-electron chi connectivity index (χ3n) is 3.35. The molecule has 140 valence electrons. The van der Waals surface area contributed by atoms with Crippen LogP contribution >= 0.6 is 15.9 Å². The molecule has 3 rings (SSSR count). The molecule has 0 saturated carbocycles. The van der Waals surface area contributed by atoms with E-state index in [0.717, 1.165) is 10.5 Å². The first-order valence-corrected chi connectivity index (χ1v) is 8.63. The van der Waals surface area contributed by atoms with Gasteiger partial charge in [0.05, 0.1) is 10.7 Å². The summed E-state index contributed by atoms with van der Waals surface area (Å²) in [4.78, 5) is 27.8. The first kappa shape index (κ1) is 18.7. The molecule has 0 aliphatic heterocycles. The Hall–Kier alpha value is -3.08. The van der Waals surface area contributed by atoms with E-state index >= 15 is 0 Å². The molecule has 0 atom stereocenters. The fourth-order valence-corrected chi connectivity index (χ4v) is 2.47. The Balaban J connectivity index is 1.43. The van der Waals surface area contributed by atoms with Crippen LogP contribution < -0.4 is 10.6 Å². The molecule has 0 unspecified atom stereocenters. The van der Waals surface area contributed by atoms with Crippen LogP contribution in [0.2, 0.25) is 0 Å². The molecule has 0 saturated heterocycles. The summed E-state index contributed by atoms with van der Waals surface area (Å²) in [7, 11) is 0. The van der Waals surface area contributed by atoms with Crippen LogP contribution in [0.5, 0.6) is 0 Å². The Kier molecular flexibility index (Phi) is 5.91. The predicted octanol–water partition coefficient (Wildman–Crippen LogP) is 1.38. The summed E-state index contributed by atoms with van der Waals surface area (Å²) in [5, 5.41) is 12.9. The van der Waals surface area contributed by atoms with E-state index in [4.69, 9.17) is 4.52 Å². The molecule has 0 fully saturated rings. The second-order valence-electron chi connectivity index (χ2n) is 5.39. The minimum atomic E-state index is -0.560. The number of nitrogens with zero attached hydrogens (tertiary/aromatic N) is 4. The molecule has 3 aromatic rings. The van der Waals surface area contributed by atoms with Gasteiger partial charge >= 0.3 is 11.8 Å². The Morgan fingerprint density at radius 3 is 2.70 bits per heavy atom. The SMILES string of the molecule is O=C(NCCNC(=O)c1nc(Cn2cc(Br)cn2)no1)c1cccc(F)c1. The van der Waals surface area contributed by atoms with Crippen LogP contribution in [0.25, 0.3) is 0 Å². The molecule has 9 nitrogen and oxygen atoms in total. The van der Waals surface area contributed by atoms with Crippen LogP contribution in [-0.2, 0) is 6.54 Å². The van der Waals surface area contributed by atoms with Crippen molar-refractivity contribution in [1.29, 1.82) is 0 Å². The molecular formula is C16H14BrFN6O3. The Morgan fingerprint density at radius 1 is 1.22 bits per heavy atom. The molecule has 0 aliphatic carbocycles. The van der Waals surface area contributed by atoms with Gasteiger partial charge in [0, 0.05) is 24.8 Å². The van der Waals surface area contributed by atoms with E-state index in [9.17, 15) is 14.0 Å². The highest BCUT2D eigenvalue weighted by molar-refractivity contribution is 9.10. The topological polar surface area (TPSA) is 115 Å². The molecule has 2 heterocycles. The summed E-state index contributed by atoms with van der Waals surface area (Å²) in [5.74, 6) is -1.38. The first-order valence-electron chi connectivity index (χ1n) is 7.84. The highest BCUT2D eigenvalue weighted by Gasteiger charge is 2.15. The van der Waals surface area contributed by atoms with Gasteiger partial charge in [0.25, 0.3) is 5.91 Å². The summed E-state index contributed by atoms with van der Waals surface area (Å²) in [6.07, 6.45) is 3.35. The Labute approximate surface area is 161 Å². The molecule has 11 heteroatoms. The molecule has 2 amide bonds. The number of amides is 2. The van der Waals surface area contributed by atoms with Crippen molar-refractivity contribution >= 4 is 27.7 Å². The average molecular weight is 437 g/mol. The van der Waals surface area contributed by atoms with Crippen molar-refractivity contribution < 1.29 is 18.5 Å². The van der Waals surface area contributed by atoms with Crippen LogP contribution in [0.1, 0.15) is 26.9 Å². The fraction of sp³-hybridized carbons (Fsp3) is 0.188.